The van der Waals surface area contributed by atoms with Gasteiger partial charge < -0.3 is 4.85 Å². The van der Waals surface area contributed by atoms with Crippen molar-refractivity contribution in [3.05, 3.63) is 76.1 Å². The zero-order valence-electron chi connectivity index (χ0n) is 17.5. The third-order valence-corrected chi connectivity index (χ3v) is 6.63. The Morgan fingerprint density at radius 1 is 1.00 bits per heavy atom. The van der Waals surface area contributed by atoms with Crippen LogP contribution in [0.1, 0.15) is 47.9 Å². The number of aromatic nitrogens is 1. The average Bonchev–Trinajstić information content (AvgIpc) is 3.14. The van der Waals surface area contributed by atoms with E-state index in [1.807, 2.05) is 0 Å². The van der Waals surface area contributed by atoms with E-state index in [0.717, 1.165) is 19.3 Å². The summed E-state index contributed by atoms with van der Waals surface area (Å²) in [5, 5.41) is 1.25. The summed E-state index contributed by atoms with van der Waals surface area (Å²) in [6.45, 7) is 14.3. The molecule has 1 fully saturated rings. The van der Waals surface area contributed by atoms with Crippen molar-refractivity contribution in [1.29, 1.82) is 0 Å². The Kier molecular flexibility index (Phi) is 4.71. The standard InChI is InChI=1S/C26H29N2/c1-18-14-19(2)20(3)23(15-18)25-11-9-22-16-21(8-10-24(22)28(25)5)17-26(27-4)12-6-7-13-26/h8-11,14-16H,6-7,12-13,17H2,1-3,5H3/q+1. The van der Waals surface area contributed by atoms with E-state index in [1.54, 1.807) is 0 Å². The highest BCUT2D eigenvalue weighted by molar-refractivity contribution is 5.79. The molecule has 142 valence electrons. The second-order valence-electron chi connectivity index (χ2n) is 8.65. The van der Waals surface area contributed by atoms with E-state index in [9.17, 15) is 0 Å². The molecule has 0 bridgehead atoms. The largest absolute Gasteiger partial charge is 0.310 e. The SMILES string of the molecule is [C-]#[N+]C1(Cc2ccc3c(ccc(-c4cc(C)cc(C)c4C)[n+]3C)c2)CCCC1. The van der Waals surface area contributed by atoms with Gasteiger partial charge in [0, 0.05) is 35.9 Å². The summed E-state index contributed by atoms with van der Waals surface area (Å²) in [5.41, 5.74) is 8.91. The first kappa shape index (κ1) is 18.7. The molecule has 2 nitrogen and oxygen atoms in total. The van der Waals surface area contributed by atoms with Gasteiger partial charge in [-0.1, -0.05) is 17.7 Å². The fourth-order valence-corrected chi connectivity index (χ4v) is 4.88. The lowest BCUT2D eigenvalue weighted by molar-refractivity contribution is -0.633. The smallest absolute Gasteiger partial charge is 0.236 e. The number of aryl methyl sites for hydroxylation is 3. The summed E-state index contributed by atoms with van der Waals surface area (Å²) in [4.78, 5) is 4.04. The number of pyridine rings is 1. The molecule has 3 aromatic rings. The Balaban J connectivity index is 1.76. The second kappa shape index (κ2) is 7.06. The summed E-state index contributed by atoms with van der Waals surface area (Å²) >= 11 is 0. The Bertz CT molecular complexity index is 1100. The fraction of sp³-hybridized carbons (Fsp3) is 0.385. The van der Waals surface area contributed by atoms with Gasteiger partial charge in [-0.05, 0) is 68.5 Å². The van der Waals surface area contributed by atoms with Gasteiger partial charge in [-0.15, -0.1) is 0 Å². The van der Waals surface area contributed by atoms with Crippen LogP contribution in [0.15, 0.2) is 42.5 Å². The molecular weight excluding hydrogens is 340 g/mol. The van der Waals surface area contributed by atoms with E-state index < -0.39 is 0 Å². The van der Waals surface area contributed by atoms with Crippen LogP contribution in [0.25, 0.3) is 27.0 Å². The van der Waals surface area contributed by atoms with E-state index in [0.29, 0.717) is 0 Å². The van der Waals surface area contributed by atoms with Gasteiger partial charge >= 0.3 is 0 Å². The van der Waals surface area contributed by atoms with Gasteiger partial charge in [0.1, 0.15) is 7.05 Å². The van der Waals surface area contributed by atoms with Crippen molar-refractivity contribution in [2.45, 2.75) is 58.4 Å². The van der Waals surface area contributed by atoms with Crippen molar-refractivity contribution in [3.8, 4) is 11.3 Å². The number of rotatable bonds is 3. The predicted octanol–water partition coefficient (Wildman–Crippen LogP) is 6.03. The van der Waals surface area contributed by atoms with Crippen molar-refractivity contribution in [2.24, 2.45) is 7.05 Å². The zero-order chi connectivity index (χ0) is 19.9. The predicted molar refractivity (Wildman–Crippen MR) is 116 cm³/mol. The minimum atomic E-state index is -0.161. The molecule has 1 aliphatic rings. The fourth-order valence-electron chi connectivity index (χ4n) is 4.88. The minimum Gasteiger partial charge on any atom is -0.310 e. The topological polar surface area (TPSA) is 8.24 Å². The van der Waals surface area contributed by atoms with Crippen LogP contribution in [0.4, 0.5) is 0 Å². The Morgan fingerprint density at radius 3 is 2.46 bits per heavy atom. The average molecular weight is 370 g/mol. The van der Waals surface area contributed by atoms with Gasteiger partial charge in [-0.2, -0.15) is 4.57 Å². The first-order valence-corrected chi connectivity index (χ1v) is 10.3. The number of fused-ring (bicyclic) bond motifs is 1. The second-order valence-corrected chi connectivity index (χ2v) is 8.65. The monoisotopic (exact) mass is 369 g/mol. The zero-order valence-corrected chi connectivity index (χ0v) is 17.5. The van der Waals surface area contributed by atoms with E-state index in [-0.39, 0.29) is 5.54 Å². The van der Waals surface area contributed by atoms with Gasteiger partial charge in [0.15, 0.2) is 0 Å². The third kappa shape index (κ3) is 3.20. The molecule has 0 atom stereocenters. The van der Waals surface area contributed by atoms with Crippen LogP contribution >= 0.6 is 0 Å². The maximum absolute atomic E-state index is 7.69. The number of benzene rings is 2. The molecule has 1 aliphatic carbocycles. The molecule has 0 amide bonds. The first-order chi connectivity index (χ1) is 13.4. The van der Waals surface area contributed by atoms with Crippen molar-refractivity contribution in [1.82, 2.24) is 0 Å². The number of hydrogen-bond acceptors (Lipinski definition) is 0. The van der Waals surface area contributed by atoms with Gasteiger partial charge in [0.25, 0.3) is 0 Å². The minimum absolute atomic E-state index is 0.161. The van der Waals surface area contributed by atoms with Crippen LogP contribution in [0.3, 0.4) is 0 Å². The van der Waals surface area contributed by atoms with Gasteiger partial charge in [0.05, 0.1) is 6.42 Å². The molecule has 0 aliphatic heterocycles. The van der Waals surface area contributed by atoms with E-state index >= 15 is 0 Å². The van der Waals surface area contributed by atoms with Crippen molar-refractivity contribution >= 4 is 10.9 Å². The van der Waals surface area contributed by atoms with Crippen molar-refractivity contribution in [3.63, 3.8) is 0 Å². The molecule has 1 aromatic heterocycles. The summed E-state index contributed by atoms with van der Waals surface area (Å²) in [5.74, 6) is 0. The highest BCUT2D eigenvalue weighted by Crippen LogP contribution is 2.37. The van der Waals surface area contributed by atoms with Gasteiger partial charge in [0.2, 0.25) is 16.7 Å². The van der Waals surface area contributed by atoms with Gasteiger partial charge in [-0.25, -0.2) is 6.57 Å². The normalized spacial score (nSPS) is 15.7. The number of nitrogens with zero attached hydrogens (tertiary/aromatic N) is 2. The molecule has 2 heteroatoms. The molecule has 28 heavy (non-hydrogen) atoms. The lowest BCUT2D eigenvalue weighted by atomic mass is 9.89. The summed E-state index contributed by atoms with van der Waals surface area (Å²) < 4.78 is 2.31. The highest BCUT2D eigenvalue weighted by atomic mass is 14.9. The van der Waals surface area contributed by atoms with Crippen LogP contribution in [-0.4, -0.2) is 5.54 Å². The maximum atomic E-state index is 7.69. The van der Waals surface area contributed by atoms with E-state index in [4.69, 9.17) is 6.57 Å². The van der Waals surface area contributed by atoms with E-state index in [2.05, 4.69) is 79.7 Å². The summed E-state index contributed by atoms with van der Waals surface area (Å²) in [6, 6.07) is 15.8. The molecule has 0 N–H and O–H groups in total. The molecule has 0 spiro atoms. The van der Waals surface area contributed by atoms with Crippen molar-refractivity contribution in [2.75, 3.05) is 0 Å². The van der Waals surface area contributed by atoms with Crippen LogP contribution < -0.4 is 4.57 Å². The van der Waals surface area contributed by atoms with Crippen LogP contribution in [-0.2, 0) is 13.5 Å². The van der Waals surface area contributed by atoms with Crippen LogP contribution in [0.5, 0.6) is 0 Å². The lowest BCUT2D eigenvalue weighted by Crippen LogP contribution is -2.32. The highest BCUT2D eigenvalue weighted by Gasteiger charge is 2.40. The molecule has 0 radical (unpaired) electrons. The maximum Gasteiger partial charge on any atom is 0.236 e. The Hall–Kier alpha value is -2.66. The summed E-state index contributed by atoms with van der Waals surface area (Å²) in [6.07, 6.45) is 5.38. The lowest BCUT2D eigenvalue weighted by Gasteiger charge is -2.16. The van der Waals surface area contributed by atoms with Gasteiger partial charge in [-0.3, -0.25) is 0 Å². The molecular formula is C26H29N2+. The molecule has 4 rings (SSSR count). The summed E-state index contributed by atoms with van der Waals surface area (Å²) in [7, 11) is 2.16. The molecule has 0 unspecified atom stereocenters. The van der Waals surface area contributed by atoms with Crippen LogP contribution in [0, 0.1) is 27.3 Å². The Morgan fingerprint density at radius 2 is 1.75 bits per heavy atom. The molecule has 1 saturated carbocycles. The van der Waals surface area contributed by atoms with E-state index in [1.165, 1.54) is 57.3 Å². The van der Waals surface area contributed by atoms with Crippen molar-refractivity contribution < 1.29 is 4.57 Å². The molecule has 2 aromatic carbocycles. The quantitative estimate of drug-likeness (QED) is 0.393. The third-order valence-electron chi connectivity index (χ3n) is 6.63. The van der Waals surface area contributed by atoms with Crippen LogP contribution in [0.2, 0.25) is 0 Å². The Labute approximate surface area is 168 Å². The number of hydrogen-bond donors (Lipinski definition) is 0. The first-order valence-electron chi connectivity index (χ1n) is 10.3. The molecule has 0 saturated heterocycles. The molecule has 1 heterocycles.